The monoisotopic (exact) mass is 389 g/mol. The molecule has 0 aromatic heterocycles. The van der Waals surface area contributed by atoms with Crippen LogP contribution < -0.4 is 19.7 Å². The number of amides is 1. The third kappa shape index (κ3) is 4.25. The van der Waals surface area contributed by atoms with Gasteiger partial charge in [0.2, 0.25) is 6.79 Å². The van der Waals surface area contributed by atoms with Gasteiger partial charge in [0, 0.05) is 16.8 Å². The van der Waals surface area contributed by atoms with E-state index in [0.717, 1.165) is 38.8 Å². The van der Waals surface area contributed by atoms with Crippen LogP contribution in [-0.4, -0.2) is 25.8 Å². The van der Waals surface area contributed by atoms with Gasteiger partial charge in [-0.1, -0.05) is 48.5 Å². The van der Waals surface area contributed by atoms with Gasteiger partial charge in [-0.2, -0.15) is 0 Å². The van der Waals surface area contributed by atoms with E-state index in [2.05, 4.69) is 5.32 Å². The number of rotatable bonds is 6. The second-order valence-corrected chi connectivity index (χ2v) is 7.33. The van der Waals surface area contributed by atoms with E-state index in [1.54, 1.807) is 0 Å². The van der Waals surface area contributed by atoms with Crippen LogP contribution in [-0.2, 0) is 11.3 Å². The predicted molar refractivity (Wildman–Crippen MR) is 113 cm³/mol. The van der Waals surface area contributed by atoms with Crippen molar-refractivity contribution < 1.29 is 19.2 Å². The number of para-hydroxylation sites is 1. The number of likely N-dealkylation sites (N-methyl/N-ethyl adjacent to an activating group) is 1. The van der Waals surface area contributed by atoms with Gasteiger partial charge in [0.05, 0.1) is 7.05 Å². The smallest absolute Gasteiger partial charge is 0.282 e. The lowest BCUT2D eigenvalue weighted by molar-refractivity contribution is -0.907. The van der Waals surface area contributed by atoms with Crippen molar-refractivity contribution in [1.82, 2.24) is 0 Å². The average molecular weight is 389 g/mol. The van der Waals surface area contributed by atoms with E-state index < -0.39 is 0 Å². The number of carbonyl (C=O) groups excluding carboxylic acids is 1. The van der Waals surface area contributed by atoms with Gasteiger partial charge in [0.25, 0.3) is 5.91 Å². The number of benzene rings is 3. The molecule has 0 saturated heterocycles. The summed E-state index contributed by atoms with van der Waals surface area (Å²) in [6.45, 7) is 2.93. The van der Waals surface area contributed by atoms with Gasteiger partial charge in [-0.25, -0.2) is 0 Å². The summed E-state index contributed by atoms with van der Waals surface area (Å²) in [4.78, 5) is 14.0. The highest BCUT2D eigenvalue weighted by Crippen LogP contribution is 2.32. The number of carbonyl (C=O) groups is 1. The van der Waals surface area contributed by atoms with Crippen LogP contribution >= 0.6 is 0 Å². The molecule has 5 heteroatoms. The molecule has 1 heterocycles. The topological polar surface area (TPSA) is 52.0 Å². The third-order valence-electron chi connectivity index (χ3n) is 5.32. The number of hydrogen-bond donors (Lipinski definition) is 2. The second kappa shape index (κ2) is 8.37. The first-order valence-corrected chi connectivity index (χ1v) is 9.78. The van der Waals surface area contributed by atoms with Crippen LogP contribution in [0.2, 0.25) is 0 Å². The molecule has 3 aromatic rings. The van der Waals surface area contributed by atoms with Crippen molar-refractivity contribution in [2.75, 3.05) is 19.2 Å². The van der Waals surface area contributed by atoms with Crippen LogP contribution in [0.3, 0.4) is 0 Å². The number of fused-ring (bicyclic) bond motifs is 1. The summed E-state index contributed by atoms with van der Waals surface area (Å²) in [6, 6.07) is 23.7. The van der Waals surface area contributed by atoms with Crippen LogP contribution in [0.25, 0.3) is 11.1 Å². The zero-order chi connectivity index (χ0) is 20.2. The van der Waals surface area contributed by atoms with E-state index in [1.165, 1.54) is 0 Å². The fourth-order valence-electron chi connectivity index (χ4n) is 3.45. The average Bonchev–Trinajstić information content (AvgIpc) is 3.22. The Morgan fingerprint density at radius 2 is 1.72 bits per heavy atom. The summed E-state index contributed by atoms with van der Waals surface area (Å²) in [5, 5.41) is 3.11. The molecule has 1 aliphatic rings. The Bertz CT molecular complexity index is 1000. The van der Waals surface area contributed by atoms with Crippen LogP contribution in [0.5, 0.6) is 11.5 Å². The molecule has 2 N–H and O–H groups in total. The van der Waals surface area contributed by atoms with Crippen LogP contribution in [0, 0.1) is 0 Å². The summed E-state index contributed by atoms with van der Waals surface area (Å²) < 4.78 is 10.8. The minimum absolute atomic E-state index is 0.00776. The maximum absolute atomic E-state index is 12.9. The lowest BCUT2D eigenvalue weighted by Gasteiger charge is -2.22. The first-order valence-electron chi connectivity index (χ1n) is 9.78. The highest BCUT2D eigenvalue weighted by Gasteiger charge is 2.24. The first kappa shape index (κ1) is 19.0. The Morgan fingerprint density at radius 1 is 1.00 bits per heavy atom. The van der Waals surface area contributed by atoms with E-state index >= 15 is 0 Å². The summed E-state index contributed by atoms with van der Waals surface area (Å²) >= 11 is 0. The molecule has 1 unspecified atom stereocenters. The number of ether oxygens (including phenoxy) is 2. The van der Waals surface area contributed by atoms with Crippen LogP contribution in [0.1, 0.15) is 12.5 Å². The number of hydrogen-bond acceptors (Lipinski definition) is 3. The minimum atomic E-state index is -0.218. The lowest BCUT2D eigenvalue weighted by Crippen LogP contribution is -3.12. The maximum Gasteiger partial charge on any atom is 0.282 e. The van der Waals surface area contributed by atoms with Gasteiger partial charge >= 0.3 is 0 Å². The van der Waals surface area contributed by atoms with Crippen LogP contribution in [0.4, 0.5) is 5.69 Å². The van der Waals surface area contributed by atoms with Crippen molar-refractivity contribution in [2.24, 2.45) is 0 Å². The molecule has 5 nitrogen and oxygen atoms in total. The molecule has 29 heavy (non-hydrogen) atoms. The SMILES string of the molecule is C[C@H](C(=O)Nc1ccccc1-c1ccccc1)[NH+](C)Cc1ccc2c(c1)OCO2. The molecule has 0 aliphatic carbocycles. The fraction of sp³-hybridized carbons (Fsp3) is 0.208. The molecule has 0 saturated carbocycles. The molecule has 0 spiro atoms. The maximum atomic E-state index is 12.9. The summed E-state index contributed by atoms with van der Waals surface area (Å²) in [5.41, 5.74) is 4.03. The van der Waals surface area contributed by atoms with Crippen LogP contribution in [0.15, 0.2) is 72.8 Å². The molecule has 0 fully saturated rings. The number of nitrogens with one attached hydrogen (secondary N) is 2. The Balaban J connectivity index is 1.45. The third-order valence-corrected chi connectivity index (χ3v) is 5.32. The number of anilines is 1. The molecular weight excluding hydrogens is 364 g/mol. The van der Waals surface area contributed by atoms with E-state index in [4.69, 9.17) is 9.47 Å². The van der Waals surface area contributed by atoms with Crippen molar-refractivity contribution in [3.63, 3.8) is 0 Å². The Hall–Kier alpha value is -3.31. The molecule has 1 amide bonds. The van der Waals surface area contributed by atoms with E-state index in [9.17, 15) is 4.79 Å². The summed E-state index contributed by atoms with van der Waals surface area (Å²) in [7, 11) is 2.03. The standard InChI is InChI=1S/C24H24N2O3/c1-17(26(2)15-18-12-13-22-23(14-18)29-16-28-22)24(27)25-21-11-7-6-10-20(21)19-8-4-3-5-9-19/h3-14,17H,15-16H2,1-2H3,(H,25,27)/p+1/t17-/m1/s1. The Kier molecular flexibility index (Phi) is 5.49. The fourth-order valence-corrected chi connectivity index (χ4v) is 3.45. The zero-order valence-corrected chi connectivity index (χ0v) is 16.6. The highest BCUT2D eigenvalue weighted by molar-refractivity contribution is 5.97. The van der Waals surface area contributed by atoms with Gasteiger partial charge in [-0.05, 0) is 36.8 Å². The van der Waals surface area contributed by atoms with Crippen molar-refractivity contribution in [3.05, 3.63) is 78.4 Å². The van der Waals surface area contributed by atoms with Gasteiger partial charge in [-0.3, -0.25) is 4.79 Å². The molecular formula is C24H25N2O3+. The highest BCUT2D eigenvalue weighted by atomic mass is 16.7. The summed E-state index contributed by atoms with van der Waals surface area (Å²) in [6.07, 6.45) is 0. The lowest BCUT2D eigenvalue weighted by atomic mass is 10.0. The van der Waals surface area contributed by atoms with Gasteiger partial charge in [0.1, 0.15) is 6.54 Å². The molecule has 4 rings (SSSR count). The second-order valence-electron chi connectivity index (χ2n) is 7.33. The zero-order valence-electron chi connectivity index (χ0n) is 16.6. The first-order chi connectivity index (χ1) is 14.1. The molecule has 1 aliphatic heterocycles. The molecule has 148 valence electrons. The Morgan fingerprint density at radius 3 is 2.55 bits per heavy atom. The van der Waals surface area contributed by atoms with Gasteiger partial charge < -0.3 is 19.7 Å². The van der Waals surface area contributed by atoms with Gasteiger partial charge in [-0.15, -0.1) is 0 Å². The van der Waals surface area contributed by atoms with Crippen molar-refractivity contribution in [2.45, 2.75) is 19.5 Å². The summed E-state index contributed by atoms with van der Waals surface area (Å²) in [5.74, 6) is 1.53. The molecule has 3 aromatic carbocycles. The minimum Gasteiger partial charge on any atom is -0.454 e. The molecule has 0 bridgehead atoms. The van der Waals surface area contributed by atoms with Crippen molar-refractivity contribution in [1.29, 1.82) is 0 Å². The molecule has 0 radical (unpaired) electrons. The number of quaternary nitrogens is 1. The van der Waals surface area contributed by atoms with E-state index in [1.807, 2.05) is 86.8 Å². The quantitative estimate of drug-likeness (QED) is 0.681. The van der Waals surface area contributed by atoms with E-state index in [-0.39, 0.29) is 18.7 Å². The Labute approximate surface area is 170 Å². The molecule has 2 atom stereocenters. The largest absolute Gasteiger partial charge is 0.454 e. The normalized spacial score (nSPS) is 14.3. The predicted octanol–water partition coefficient (Wildman–Crippen LogP) is 3.12. The van der Waals surface area contributed by atoms with Crippen molar-refractivity contribution in [3.8, 4) is 22.6 Å². The van der Waals surface area contributed by atoms with Crippen molar-refractivity contribution >= 4 is 11.6 Å². The van der Waals surface area contributed by atoms with Gasteiger partial charge in [0.15, 0.2) is 17.5 Å². The van der Waals surface area contributed by atoms with E-state index in [0.29, 0.717) is 6.54 Å².